The molecule has 0 aromatic heterocycles. The molecular formula is C9H23ClN2O2S. The Labute approximate surface area is 99.7 Å². The van der Waals surface area contributed by atoms with Gasteiger partial charge in [-0.05, 0) is 40.2 Å². The van der Waals surface area contributed by atoms with E-state index in [0.717, 1.165) is 19.4 Å². The van der Waals surface area contributed by atoms with Crippen LogP contribution in [0.15, 0.2) is 0 Å². The minimum absolute atomic E-state index is 0. The topological polar surface area (TPSA) is 58.2 Å². The van der Waals surface area contributed by atoms with E-state index in [1.807, 2.05) is 0 Å². The van der Waals surface area contributed by atoms with Crippen molar-refractivity contribution in [1.29, 1.82) is 0 Å². The molecule has 0 rings (SSSR count). The minimum atomic E-state index is -3.01. The van der Waals surface area contributed by atoms with Crippen LogP contribution in [0.5, 0.6) is 0 Å². The molecule has 0 aromatic rings. The standard InChI is InChI=1S/C9H22N2O2S.ClH/c1-9(2,3)10-7-5-6-8-11-14(4,12)13;/h10-11H,5-8H2,1-4H3;1H. The van der Waals surface area contributed by atoms with Crippen LogP contribution in [0, 0.1) is 0 Å². The molecule has 0 aromatic carbocycles. The fourth-order valence-electron chi connectivity index (χ4n) is 0.971. The van der Waals surface area contributed by atoms with Crippen LogP contribution in [0.25, 0.3) is 0 Å². The molecule has 15 heavy (non-hydrogen) atoms. The maximum absolute atomic E-state index is 10.7. The maximum Gasteiger partial charge on any atom is 0.208 e. The van der Waals surface area contributed by atoms with Gasteiger partial charge in [0.25, 0.3) is 0 Å². The van der Waals surface area contributed by atoms with E-state index in [1.54, 1.807) is 0 Å². The van der Waals surface area contributed by atoms with E-state index in [1.165, 1.54) is 6.26 Å². The van der Waals surface area contributed by atoms with Crippen molar-refractivity contribution >= 4 is 22.4 Å². The zero-order chi connectivity index (χ0) is 11.2. The highest BCUT2D eigenvalue weighted by Gasteiger charge is 2.07. The average Bonchev–Trinajstić information content (AvgIpc) is 1.92. The molecule has 0 amide bonds. The molecule has 0 aliphatic carbocycles. The van der Waals surface area contributed by atoms with Gasteiger partial charge in [0.15, 0.2) is 0 Å². The summed E-state index contributed by atoms with van der Waals surface area (Å²) >= 11 is 0. The molecule has 6 heteroatoms. The lowest BCUT2D eigenvalue weighted by molar-refractivity contribution is 0.418. The fourth-order valence-corrected chi connectivity index (χ4v) is 1.49. The Balaban J connectivity index is 0. The number of unbranched alkanes of at least 4 members (excludes halogenated alkanes) is 1. The van der Waals surface area contributed by atoms with Crippen LogP contribution in [-0.4, -0.2) is 33.3 Å². The second-order valence-electron chi connectivity index (χ2n) is 4.55. The summed E-state index contributed by atoms with van der Waals surface area (Å²) in [5.41, 5.74) is 0.143. The number of hydrogen-bond donors (Lipinski definition) is 2. The van der Waals surface area contributed by atoms with Crippen molar-refractivity contribution in [1.82, 2.24) is 10.0 Å². The molecule has 0 unspecified atom stereocenters. The highest BCUT2D eigenvalue weighted by Crippen LogP contribution is 1.98. The van der Waals surface area contributed by atoms with Gasteiger partial charge in [0.05, 0.1) is 6.26 Å². The lowest BCUT2D eigenvalue weighted by atomic mass is 10.1. The predicted octanol–water partition coefficient (Wildman–Crippen LogP) is 1.13. The lowest BCUT2D eigenvalue weighted by Crippen LogP contribution is -2.36. The van der Waals surface area contributed by atoms with Crippen molar-refractivity contribution in [3.05, 3.63) is 0 Å². The van der Waals surface area contributed by atoms with Crippen LogP contribution < -0.4 is 10.0 Å². The molecule has 0 fully saturated rings. The van der Waals surface area contributed by atoms with E-state index < -0.39 is 10.0 Å². The summed E-state index contributed by atoms with van der Waals surface area (Å²) in [6.45, 7) is 7.80. The highest BCUT2D eigenvalue weighted by atomic mass is 35.5. The first kappa shape index (κ1) is 17.6. The van der Waals surface area contributed by atoms with Gasteiger partial charge in [-0.15, -0.1) is 12.4 Å². The molecule has 0 heterocycles. The Bertz CT molecular complexity index is 247. The molecule has 2 N–H and O–H groups in total. The summed E-state index contributed by atoms with van der Waals surface area (Å²) in [4.78, 5) is 0. The maximum atomic E-state index is 10.7. The van der Waals surface area contributed by atoms with Gasteiger partial charge < -0.3 is 5.32 Å². The second-order valence-corrected chi connectivity index (χ2v) is 6.38. The summed E-state index contributed by atoms with van der Waals surface area (Å²) in [7, 11) is -3.01. The monoisotopic (exact) mass is 258 g/mol. The van der Waals surface area contributed by atoms with Crippen LogP contribution in [-0.2, 0) is 10.0 Å². The molecule has 0 spiro atoms. The van der Waals surface area contributed by atoms with Crippen molar-refractivity contribution in [3.8, 4) is 0 Å². The summed E-state index contributed by atoms with van der Waals surface area (Å²) in [6, 6.07) is 0. The van der Waals surface area contributed by atoms with Gasteiger partial charge in [-0.3, -0.25) is 0 Å². The molecule has 0 aliphatic heterocycles. The van der Waals surface area contributed by atoms with Gasteiger partial charge in [-0.25, -0.2) is 13.1 Å². The Morgan fingerprint density at radius 2 is 1.53 bits per heavy atom. The molecule has 0 radical (unpaired) electrons. The summed E-state index contributed by atoms with van der Waals surface area (Å²) in [5, 5.41) is 3.34. The van der Waals surface area contributed by atoms with Crippen LogP contribution in [0.2, 0.25) is 0 Å². The number of nitrogens with one attached hydrogen (secondary N) is 2. The van der Waals surface area contributed by atoms with Crippen LogP contribution in [0.3, 0.4) is 0 Å². The van der Waals surface area contributed by atoms with Gasteiger partial charge >= 0.3 is 0 Å². The summed E-state index contributed by atoms with van der Waals surface area (Å²) in [5.74, 6) is 0. The Morgan fingerprint density at radius 3 is 1.93 bits per heavy atom. The van der Waals surface area contributed by atoms with Gasteiger partial charge in [-0.1, -0.05) is 0 Å². The first-order valence-electron chi connectivity index (χ1n) is 4.90. The second kappa shape index (κ2) is 7.44. The van der Waals surface area contributed by atoms with E-state index in [9.17, 15) is 8.42 Å². The smallest absolute Gasteiger partial charge is 0.208 e. The average molecular weight is 259 g/mol. The minimum Gasteiger partial charge on any atom is -0.312 e. The van der Waals surface area contributed by atoms with Crippen molar-refractivity contribution in [2.24, 2.45) is 0 Å². The first-order valence-corrected chi connectivity index (χ1v) is 6.79. The molecule has 94 valence electrons. The quantitative estimate of drug-likeness (QED) is 0.702. The normalized spacial score (nSPS) is 12.3. The fraction of sp³-hybridized carbons (Fsp3) is 1.00. The van der Waals surface area contributed by atoms with E-state index >= 15 is 0 Å². The number of rotatable bonds is 6. The number of hydrogen-bond acceptors (Lipinski definition) is 3. The molecule has 4 nitrogen and oxygen atoms in total. The third-order valence-electron chi connectivity index (χ3n) is 1.62. The van der Waals surface area contributed by atoms with Crippen LogP contribution >= 0.6 is 12.4 Å². The molecular weight excluding hydrogens is 236 g/mol. The SMILES string of the molecule is CC(C)(C)NCCCCNS(C)(=O)=O.Cl. The van der Waals surface area contributed by atoms with E-state index in [2.05, 4.69) is 30.8 Å². The Morgan fingerprint density at radius 1 is 1.07 bits per heavy atom. The largest absolute Gasteiger partial charge is 0.312 e. The zero-order valence-electron chi connectivity index (χ0n) is 9.96. The predicted molar refractivity (Wildman–Crippen MR) is 67.1 cm³/mol. The summed E-state index contributed by atoms with van der Waals surface area (Å²) < 4.78 is 23.9. The number of halogens is 1. The Kier molecular flexibility index (Phi) is 8.70. The number of sulfonamides is 1. The van der Waals surface area contributed by atoms with Crippen molar-refractivity contribution in [2.45, 2.75) is 39.2 Å². The molecule has 0 saturated heterocycles. The molecule has 0 bridgehead atoms. The van der Waals surface area contributed by atoms with Crippen molar-refractivity contribution in [2.75, 3.05) is 19.3 Å². The summed E-state index contributed by atoms with van der Waals surface area (Å²) in [6.07, 6.45) is 3.04. The van der Waals surface area contributed by atoms with Crippen LogP contribution in [0.4, 0.5) is 0 Å². The highest BCUT2D eigenvalue weighted by molar-refractivity contribution is 7.88. The van der Waals surface area contributed by atoms with Crippen molar-refractivity contribution < 1.29 is 8.42 Å². The zero-order valence-corrected chi connectivity index (χ0v) is 11.6. The van der Waals surface area contributed by atoms with Crippen LogP contribution in [0.1, 0.15) is 33.6 Å². The van der Waals surface area contributed by atoms with Gasteiger partial charge in [0, 0.05) is 12.1 Å². The van der Waals surface area contributed by atoms with E-state index in [-0.39, 0.29) is 17.9 Å². The van der Waals surface area contributed by atoms with Crippen molar-refractivity contribution in [3.63, 3.8) is 0 Å². The van der Waals surface area contributed by atoms with E-state index in [4.69, 9.17) is 0 Å². The van der Waals surface area contributed by atoms with Gasteiger partial charge in [-0.2, -0.15) is 0 Å². The molecule has 0 saturated carbocycles. The third-order valence-corrected chi connectivity index (χ3v) is 2.35. The Hall–Kier alpha value is 0.160. The molecule has 0 aliphatic rings. The third kappa shape index (κ3) is 16.8. The first-order chi connectivity index (χ1) is 6.21. The van der Waals surface area contributed by atoms with Gasteiger partial charge in [0.1, 0.15) is 0 Å². The van der Waals surface area contributed by atoms with E-state index in [0.29, 0.717) is 6.54 Å². The van der Waals surface area contributed by atoms with Gasteiger partial charge in [0.2, 0.25) is 10.0 Å². The lowest BCUT2D eigenvalue weighted by Gasteiger charge is -2.20. The molecule has 0 atom stereocenters.